The Morgan fingerprint density at radius 3 is 2.81 bits per heavy atom. The van der Waals surface area contributed by atoms with Crippen LogP contribution in [0.4, 0.5) is 0 Å². The van der Waals surface area contributed by atoms with E-state index in [1.807, 2.05) is 11.8 Å². The number of oxime groups is 1. The summed E-state index contributed by atoms with van der Waals surface area (Å²) in [6.45, 7) is 0. The highest BCUT2D eigenvalue weighted by molar-refractivity contribution is 7.99. The Morgan fingerprint density at radius 1 is 1.38 bits per heavy atom. The fraction of sp³-hybridized carbons (Fsp3) is 0.467. The third kappa shape index (κ3) is 3.91. The van der Waals surface area contributed by atoms with Gasteiger partial charge < -0.3 is 16.3 Å². The predicted molar refractivity (Wildman–Crippen MR) is 86.0 cm³/mol. The molecule has 21 heavy (non-hydrogen) atoms. The number of hydrogen-bond donors (Lipinski definition) is 3. The molecule has 1 fully saturated rings. The van der Waals surface area contributed by atoms with Crippen molar-refractivity contribution in [3.8, 4) is 0 Å². The average Bonchev–Trinajstić information content (AvgIpc) is 2.54. The number of nitrogens with two attached hydrogens (primary N) is 1. The van der Waals surface area contributed by atoms with Crippen molar-refractivity contribution in [1.82, 2.24) is 5.32 Å². The quantitative estimate of drug-likeness (QED) is 0.344. The number of benzene rings is 1. The van der Waals surface area contributed by atoms with E-state index in [0.29, 0.717) is 16.4 Å². The Morgan fingerprint density at radius 2 is 2.10 bits per heavy atom. The topological polar surface area (TPSA) is 87.7 Å². The Kier molecular flexibility index (Phi) is 5.50. The van der Waals surface area contributed by atoms with Gasteiger partial charge in [-0.2, -0.15) is 11.8 Å². The summed E-state index contributed by atoms with van der Waals surface area (Å²) < 4.78 is 0. The van der Waals surface area contributed by atoms with E-state index in [9.17, 15) is 4.79 Å². The van der Waals surface area contributed by atoms with Crippen LogP contribution in [0.5, 0.6) is 0 Å². The highest BCUT2D eigenvalue weighted by Gasteiger charge is 2.26. The molecule has 1 aliphatic rings. The van der Waals surface area contributed by atoms with E-state index in [0.717, 1.165) is 19.3 Å². The Balaban J connectivity index is 2.09. The lowest BCUT2D eigenvalue weighted by Crippen LogP contribution is -2.43. The lowest BCUT2D eigenvalue weighted by atomic mass is 9.94. The monoisotopic (exact) mass is 307 g/mol. The van der Waals surface area contributed by atoms with Gasteiger partial charge in [-0.1, -0.05) is 30.1 Å². The van der Waals surface area contributed by atoms with Gasteiger partial charge in [-0.25, -0.2) is 0 Å². The zero-order chi connectivity index (χ0) is 15.2. The maximum atomic E-state index is 12.4. The van der Waals surface area contributed by atoms with Crippen molar-refractivity contribution in [2.24, 2.45) is 10.9 Å². The Labute approximate surface area is 129 Å². The molecule has 114 valence electrons. The molecule has 5 nitrogen and oxygen atoms in total. The van der Waals surface area contributed by atoms with Crippen molar-refractivity contribution in [3.63, 3.8) is 0 Å². The molecule has 4 N–H and O–H groups in total. The molecular formula is C15H21N3O2S. The molecule has 0 saturated heterocycles. The zero-order valence-electron chi connectivity index (χ0n) is 12.1. The van der Waals surface area contributed by atoms with E-state index in [2.05, 4.69) is 16.7 Å². The van der Waals surface area contributed by atoms with Crippen LogP contribution in [0.3, 0.4) is 0 Å². The molecule has 1 aromatic rings. The van der Waals surface area contributed by atoms with Gasteiger partial charge in [0.15, 0.2) is 5.84 Å². The first kappa shape index (κ1) is 15.7. The summed E-state index contributed by atoms with van der Waals surface area (Å²) in [5, 5.41) is 15.3. The van der Waals surface area contributed by atoms with Crippen LogP contribution in [0.25, 0.3) is 0 Å². The van der Waals surface area contributed by atoms with Gasteiger partial charge >= 0.3 is 0 Å². The SMILES string of the molecule is CSC1CCCCC1NC(=O)c1cccc(/C(N)=N/O)c1. The second kappa shape index (κ2) is 7.36. The predicted octanol–water partition coefficient (Wildman–Crippen LogP) is 2.19. The molecule has 0 heterocycles. The number of amidine groups is 1. The molecule has 1 aromatic carbocycles. The van der Waals surface area contributed by atoms with Crippen LogP contribution in [-0.4, -0.2) is 34.5 Å². The van der Waals surface area contributed by atoms with E-state index >= 15 is 0 Å². The molecule has 2 rings (SSSR count). The number of nitrogens with zero attached hydrogens (tertiary/aromatic N) is 1. The minimum atomic E-state index is -0.103. The molecule has 6 heteroatoms. The fourth-order valence-electron chi connectivity index (χ4n) is 2.67. The normalized spacial score (nSPS) is 22.8. The largest absolute Gasteiger partial charge is 0.409 e. The maximum Gasteiger partial charge on any atom is 0.251 e. The van der Waals surface area contributed by atoms with Crippen LogP contribution in [0, 0.1) is 0 Å². The van der Waals surface area contributed by atoms with Gasteiger partial charge in [-0.15, -0.1) is 0 Å². The van der Waals surface area contributed by atoms with Crippen molar-refractivity contribution < 1.29 is 10.0 Å². The summed E-state index contributed by atoms with van der Waals surface area (Å²) in [6.07, 6.45) is 6.66. The molecule has 2 atom stereocenters. The second-order valence-corrected chi connectivity index (χ2v) is 6.28. The molecule has 1 aliphatic carbocycles. The molecular weight excluding hydrogens is 286 g/mol. The van der Waals surface area contributed by atoms with Gasteiger partial charge in [0.2, 0.25) is 0 Å². The van der Waals surface area contributed by atoms with Gasteiger partial charge in [0.05, 0.1) is 0 Å². The first-order valence-electron chi connectivity index (χ1n) is 7.07. The van der Waals surface area contributed by atoms with E-state index in [1.54, 1.807) is 24.3 Å². The molecule has 0 aromatic heterocycles. The first-order valence-corrected chi connectivity index (χ1v) is 8.36. The second-order valence-electron chi connectivity index (χ2n) is 5.20. The van der Waals surface area contributed by atoms with Crippen LogP contribution >= 0.6 is 11.8 Å². The van der Waals surface area contributed by atoms with Gasteiger partial charge in [0.25, 0.3) is 5.91 Å². The Bertz CT molecular complexity index is 533. The average molecular weight is 307 g/mol. The summed E-state index contributed by atoms with van der Waals surface area (Å²) in [4.78, 5) is 12.4. The maximum absolute atomic E-state index is 12.4. The number of thioether (sulfide) groups is 1. The van der Waals surface area contributed by atoms with E-state index in [-0.39, 0.29) is 17.8 Å². The fourth-order valence-corrected chi connectivity index (χ4v) is 3.61. The summed E-state index contributed by atoms with van der Waals surface area (Å²) in [7, 11) is 0. The Hall–Kier alpha value is -1.69. The van der Waals surface area contributed by atoms with E-state index in [1.165, 1.54) is 6.42 Å². The van der Waals surface area contributed by atoms with Gasteiger partial charge in [0.1, 0.15) is 0 Å². The van der Waals surface area contributed by atoms with Crippen LogP contribution in [0.15, 0.2) is 29.4 Å². The minimum absolute atomic E-state index is 0.00399. The standard InChI is InChI=1S/C15H21N3O2S/c1-21-13-8-3-2-7-12(13)17-15(19)11-6-4-5-10(9-11)14(16)18-20/h4-6,9,12-13,20H,2-3,7-8H2,1H3,(H2,16,18)(H,17,19). The number of amides is 1. The molecule has 0 aliphatic heterocycles. The zero-order valence-corrected chi connectivity index (χ0v) is 12.9. The summed E-state index contributed by atoms with van der Waals surface area (Å²) >= 11 is 1.82. The van der Waals surface area contributed by atoms with Crippen LogP contribution in [0.2, 0.25) is 0 Å². The molecule has 0 spiro atoms. The lowest BCUT2D eigenvalue weighted by Gasteiger charge is -2.31. The van der Waals surface area contributed by atoms with Crippen LogP contribution in [0.1, 0.15) is 41.6 Å². The van der Waals surface area contributed by atoms with E-state index < -0.39 is 0 Å². The molecule has 1 amide bonds. The first-order chi connectivity index (χ1) is 10.2. The van der Waals surface area contributed by atoms with Crippen molar-refractivity contribution in [2.45, 2.75) is 37.0 Å². The molecule has 1 saturated carbocycles. The van der Waals surface area contributed by atoms with Crippen LogP contribution in [-0.2, 0) is 0 Å². The van der Waals surface area contributed by atoms with Gasteiger partial charge in [-0.05, 0) is 31.2 Å². The summed E-state index contributed by atoms with van der Waals surface area (Å²) in [6, 6.07) is 7.03. The number of hydrogen-bond acceptors (Lipinski definition) is 4. The van der Waals surface area contributed by atoms with Crippen molar-refractivity contribution in [3.05, 3.63) is 35.4 Å². The van der Waals surface area contributed by atoms with Gasteiger partial charge in [0, 0.05) is 22.4 Å². The van der Waals surface area contributed by atoms with Crippen molar-refractivity contribution in [2.75, 3.05) is 6.26 Å². The number of rotatable bonds is 4. The molecule has 0 bridgehead atoms. The minimum Gasteiger partial charge on any atom is -0.409 e. The van der Waals surface area contributed by atoms with Crippen LogP contribution < -0.4 is 11.1 Å². The van der Waals surface area contributed by atoms with E-state index in [4.69, 9.17) is 10.9 Å². The third-order valence-electron chi connectivity index (χ3n) is 3.85. The smallest absolute Gasteiger partial charge is 0.251 e. The van der Waals surface area contributed by atoms with Crippen molar-refractivity contribution >= 4 is 23.5 Å². The summed E-state index contributed by atoms with van der Waals surface area (Å²) in [5.41, 5.74) is 6.63. The highest BCUT2D eigenvalue weighted by Crippen LogP contribution is 2.27. The van der Waals surface area contributed by atoms with Gasteiger partial charge in [-0.3, -0.25) is 4.79 Å². The number of carbonyl (C=O) groups is 1. The number of carbonyl (C=O) groups excluding carboxylic acids is 1. The molecule has 2 unspecified atom stereocenters. The highest BCUT2D eigenvalue weighted by atomic mass is 32.2. The number of nitrogens with one attached hydrogen (secondary N) is 1. The lowest BCUT2D eigenvalue weighted by molar-refractivity contribution is 0.0929. The summed E-state index contributed by atoms with van der Waals surface area (Å²) in [5.74, 6) is -0.0992. The molecule has 0 radical (unpaired) electrons. The van der Waals surface area contributed by atoms with Crippen molar-refractivity contribution in [1.29, 1.82) is 0 Å². The third-order valence-corrected chi connectivity index (χ3v) is 5.02.